The summed E-state index contributed by atoms with van der Waals surface area (Å²) in [6.45, 7) is 4.68. The number of phosphoric acid groups is 1. The fraction of sp³-hybridized carbons (Fsp3) is 1.00. The van der Waals surface area contributed by atoms with Crippen molar-refractivity contribution in [1.82, 2.24) is 0 Å². The molecule has 0 aliphatic rings. The van der Waals surface area contributed by atoms with Gasteiger partial charge in [0.25, 0.3) is 0 Å². The maximum absolute atomic E-state index is 10.4. The van der Waals surface area contributed by atoms with Gasteiger partial charge in [-0.15, -0.1) is 0 Å². The van der Waals surface area contributed by atoms with Crippen molar-refractivity contribution in [3.63, 3.8) is 0 Å². The van der Waals surface area contributed by atoms with E-state index in [0.29, 0.717) is 0 Å². The van der Waals surface area contributed by atoms with E-state index < -0.39 is 7.82 Å². The minimum atomic E-state index is -4.25. The average Bonchev–Trinajstić information content (AvgIpc) is 2.65. The zero-order valence-corrected chi connectivity index (χ0v) is 22.2. The third-order valence-corrected chi connectivity index (χ3v) is 6.19. The first-order valence-corrected chi connectivity index (χ1v) is 15.1. The number of hydrogen-bond acceptors (Lipinski definition) is 2. The molecule has 0 aliphatic heterocycles. The van der Waals surface area contributed by atoms with Crippen molar-refractivity contribution in [2.75, 3.05) is 6.61 Å². The summed E-state index contributed by atoms with van der Waals surface area (Å²) in [5, 5.41) is 0. The Hall–Kier alpha value is 1.11. The third kappa shape index (κ3) is 34.6. The van der Waals surface area contributed by atoms with Gasteiger partial charge < -0.3 is 9.79 Å². The first kappa shape index (κ1) is 31.3. The first-order chi connectivity index (χ1) is 13.5. The van der Waals surface area contributed by atoms with Crippen LogP contribution >= 0.6 is 7.82 Å². The standard InChI is InChI=1S/C16H35O4P.C6H13.Na/c1-2-3-4-5-6-7-8-9-10-11-12-13-14-15-16-20-21(17,18)19;1-3-5-6-4-2;/h2-16H2,1H3,(H2,17,18,19);1,3-6H2,2H3;. The van der Waals surface area contributed by atoms with Crippen LogP contribution in [0.15, 0.2) is 0 Å². The van der Waals surface area contributed by atoms with Crippen molar-refractivity contribution in [1.29, 1.82) is 0 Å². The molecule has 166 valence electrons. The van der Waals surface area contributed by atoms with Crippen LogP contribution in [-0.4, -0.2) is 44.3 Å². The van der Waals surface area contributed by atoms with E-state index in [1.165, 1.54) is 128 Å². The molecule has 0 bridgehead atoms. The van der Waals surface area contributed by atoms with Crippen LogP contribution in [-0.2, 0) is 9.09 Å². The second-order valence-corrected chi connectivity index (χ2v) is 10.2. The molecule has 0 radical (unpaired) electrons. The van der Waals surface area contributed by atoms with Crippen LogP contribution < -0.4 is 0 Å². The summed E-state index contributed by atoms with van der Waals surface area (Å²) in [7, 11) is -4.25. The normalized spacial score (nSPS) is 11.4. The molecule has 28 heavy (non-hydrogen) atoms. The van der Waals surface area contributed by atoms with Crippen LogP contribution in [0.1, 0.15) is 129 Å². The Morgan fingerprint density at radius 2 is 0.929 bits per heavy atom. The Bertz CT molecular complexity index is 320. The molecule has 0 aromatic carbocycles. The molecule has 0 aromatic rings. The maximum atomic E-state index is 10.4. The molecule has 0 aliphatic carbocycles. The van der Waals surface area contributed by atoms with E-state index in [0.717, 1.165) is 19.3 Å². The van der Waals surface area contributed by atoms with Crippen molar-refractivity contribution in [3.8, 4) is 0 Å². The van der Waals surface area contributed by atoms with E-state index in [1.54, 1.807) is 0 Å². The molecule has 0 heterocycles. The number of rotatable bonds is 20. The molecular weight excluding hydrogens is 382 g/mol. The van der Waals surface area contributed by atoms with Gasteiger partial charge in [0.05, 0.1) is 6.61 Å². The fourth-order valence-corrected chi connectivity index (χ4v) is 4.02. The molecule has 2 N–H and O–H groups in total. The van der Waals surface area contributed by atoms with E-state index >= 15 is 0 Å². The Morgan fingerprint density at radius 3 is 1.25 bits per heavy atom. The predicted molar refractivity (Wildman–Crippen MR) is 123 cm³/mol. The SMILES string of the molecule is CCCCCCCCCCCCCCCCOP(=O)(O)O.CCCCC[CH2][Na]. The fourth-order valence-electron chi connectivity index (χ4n) is 3.16. The van der Waals surface area contributed by atoms with Gasteiger partial charge in [-0.1, -0.05) is 90.4 Å². The molecule has 0 fully saturated rings. The third-order valence-electron chi connectivity index (χ3n) is 4.96. The Kier molecular flexibility index (Phi) is 29.2. The summed E-state index contributed by atoms with van der Waals surface area (Å²) >= 11 is 1.41. The summed E-state index contributed by atoms with van der Waals surface area (Å²) in [6.07, 6.45) is 23.6. The van der Waals surface area contributed by atoms with E-state index in [4.69, 9.17) is 9.79 Å². The van der Waals surface area contributed by atoms with Crippen LogP contribution in [0.3, 0.4) is 0 Å². The minimum absolute atomic E-state index is 0.169. The van der Waals surface area contributed by atoms with Gasteiger partial charge in [-0.25, -0.2) is 4.57 Å². The summed E-state index contributed by atoms with van der Waals surface area (Å²) < 4.78 is 16.3. The van der Waals surface area contributed by atoms with Gasteiger partial charge in [0, 0.05) is 0 Å². The van der Waals surface area contributed by atoms with Crippen molar-refractivity contribution in [2.45, 2.75) is 133 Å². The van der Waals surface area contributed by atoms with E-state index in [2.05, 4.69) is 18.4 Å². The Balaban J connectivity index is 0. The molecular formula is C22H48NaO4P. The second kappa shape index (κ2) is 26.1. The van der Waals surface area contributed by atoms with Crippen molar-refractivity contribution >= 4 is 35.8 Å². The summed E-state index contributed by atoms with van der Waals surface area (Å²) in [5.41, 5.74) is 0. The van der Waals surface area contributed by atoms with Crippen LogP contribution in [0.2, 0.25) is 3.67 Å². The molecule has 0 rings (SSSR count). The van der Waals surface area contributed by atoms with Crippen LogP contribution in [0, 0.1) is 0 Å². The topological polar surface area (TPSA) is 66.8 Å². The molecule has 0 unspecified atom stereocenters. The molecule has 0 saturated heterocycles. The van der Waals surface area contributed by atoms with Gasteiger partial charge in [-0.3, -0.25) is 4.52 Å². The summed E-state index contributed by atoms with van der Waals surface area (Å²) in [4.78, 5) is 17.0. The van der Waals surface area contributed by atoms with E-state index in [9.17, 15) is 4.57 Å². The van der Waals surface area contributed by atoms with Crippen LogP contribution in [0.4, 0.5) is 0 Å². The monoisotopic (exact) mass is 430 g/mol. The second-order valence-electron chi connectivity index (χ2n) is 7.98. The Labute approximate surface area is 193 Å². The molecule has 0 aromatic heterocycles. The van der Waals surface area contributed by atoms with Gasteiger partial charge in [0.2, 0.25) is 0 Å². The van der Waals surface area contributed by atoms with Crippen molar-refractivity contribution in [2.24, 2.45) is 0 Å². The molecule has 6 heteroatoms. The average molecular weight is 431 g/mol. The van der Waals surface area contributed by atoms with Crippen molar-refractivity contribution in [3.05, 3.63) is 0 Å². The van der Waals surface area contributed by atoms with Crippen molar-refractivity contribution < 1.29 is 18.9 Å². The zero-order chi connectivity index (χ0) is 21.3. The molecule has 4 nitrogen and oxygen atoms in total. The summed E-state index contributed by atoms with van der Waals surface area (Å²) in [6, 6.07) is 0. The number of phosphoric ester groups is 1. The predicted octanol–water partition coefficient (Wildman–Crippen LogP) is 7.73. The van der Waals surface area contributed by atoms with Crippen LogP contribution in [0.25, 0.3) is 0 Å². The van der Waals surface area contributed by atoms with E-state index in [1.807, 2.05) is 0 Å². The molecule has 0 atom stereocenters. The molecule has 0 saturated carbocycles. The Morgan fingerprint density at radius 1 is 0.607 bits per heavy atom. The first-order valence-electron chi connectivity index (χ1n) is 12.2. The molecule has 0 spiro atoms. The van der Waals surface area contributed by atoms with Gasteiger partial charge >= 0.3 is 72.0 Å². The van der Waals surface area contributed by atoms with Gasteiger partial charge in [0.1, 0.15) is 0 Å². The number of unbranched alkanes of at least 4 members (excludes halogenated alkanes) is 16. The molecule has 0 amide bonds. The number of hydrogen-bond donors (Lipinski definition) is 2. The zero-order valence-electron chi connectivity index (χ0n) is 19.3. The van der Waals surface area contributed by atoms with Gasteiger partial charge in [-0.05, 0) is 6.42 Å². The van der Waals surface area contributed by atoms with Gasteiger partial charge in [-0.2, -0.15) is 0 Å². The van der Waals surface area contributed by atoms with Crippen LogP contribution in [0.5, 0.6) is 0 Å². The quantitative estimate of drug-likeness (QED) is 0.118. The van der Waals surface area contributed by atoms with Gasteiger partial charge in [0.15, 0.2) is 0 Å². The van der Waals surface area contributed by atoms with E-state index in [-0.39, 0.29) is 6.61 Å². The summed E-state index contributed by atoms with van der Waals surface area (Å²) in [5.74, 6) is 0.